The fraction of sp³-hybridized carbons (Fsp3) is 0.292. The normalized spacial score (nSPS) is 13.2. The van der Waals surface area contributed by atoms with Gasteiger partial charge in [-0.05, 0) is 80.8 Å². The first-order valence-electron chi connectivity index (χ1n) is 22.2. The van der Waals surface area contributed by atoms with Gasteiger partial charge in [-0.2, -0.15) is 26.3 Å². The molecule has 3 N–H and O–H groups in total. The van der Waals surface area contributed by atoms with Gasteiger partial charge in [-0.3, -0.25) is 23.9 Å². The van der Waals surface area contributed by atoms with E-state index in [9.17, 15) is 49.8 Å². The van der Waals surface area contributed by atoms with E-state index in [1.165, 1.54) is 71.2 Å². The van der Waals surface area contributed by atoms with Crippen molar-refractivity contribution in [1.29, 1.82) is 0 Å². The molecule has 0 spiro atoms. The molecule has 0 saturated carbocycles. The van der Waals surface area contributed by atoms with Gasteiger partial charge in [0.1, 0.15) is 46.4 Å². The first kappa shape index (κ1) is 52.3. The van der Waals surface area contributed by atoms with Crippen LogP contribution in [0.1, 0.15) is 45.1 Å². The fourth-order valence-corrected chi connectivity index (χ4v) is 9.37. The van der Waals surface area contributed by atoms with Crippen LogP contribution in [0, 0.1) is 11.6 Å². The Balaban J connectivity index is 0.000000197. The van der Waals surface area contributed by atoms with E-state index in [4.69, 9.17) is 19.2 Å². The van der Waals surface area contributed by atoms with Crippen LogP contribution in [0.25, 0.3) is 43.9 Å². The van der Waals surface area contributed by atoms with Crippen molar-refractivity contribution in [2.75, 3.05) is 39.5 Å². The molecule has 1 aliphatic rings. The number of halogens is 8. The molecule has 5 heterocycles. The van der Waals surface area contributed by atoms with Crippen LogP contribution in [-0.2, 0) is 43.1 Å². The lowest BCUT2D eigenvalue weighted by Crippen LogP contribution is -2.37. The Bertz CT molecular complexity index is 3220. The number of ether oxygens (including phenoxy) is 3. The standard InChI is InChI=1S/C26H24F4N4O4S.C22H17F4N3O4S/c27-20-14-18(7-8-19(20)23-32-25(35)38-33-23)37-15-22-21(2-1-9-34-10-12-36-13-11-34)31-24(39-22)16-3-5-17(6-4-16)26(28,29)30;23-16-10-14(7-8-15(16)19-28-21(31)33-29-19)32-11-18-17(2-1-9-30)27-20(34-18)12-3-5-13(6-4-12)22(24,25)26/h3-8,14H,1-2,9-13,15H2,(H,32,33,35);3-8,10,30H,1-2,9,11H2,(H,28,29,31). The number of nitrogens with one attached hydrogen (secondary N) is 2. The second-order valence-electron chi connectivity index (χ2n) is 16.1. The molecule has 25 heteroatoms. The molecule has 1 fully saturated rings. The Labute approximate surface area is 416 Å². The summed E-state index contributed by atoms with van der Waals surface area (Å²) in [5, 5.41) is 17.2. The van der Waals surface area contributed by atoms with E-state index in [2.05, 4.69) is 39.2 Å². The molecule has 384 valence electrons. The third kappa shape index (κ3) is 13.7. The van der Waals surface area contributed by atoms with Gasteiger partial charge in [0, 0.05) is 43.0 Å². The lowest BCUT2D eigenvalue weighted by atomic mass is 10.1. The van der Waals surface area contributed by atoms with E-state index >= 15 is 0 Å². The molecule has 0 bridgehead atoms. The highest BCUT2D eigenvalue weighted by Gasteiger charge is 2.31. The maximum Gasteiger partial charge on any atom is 0.439 e. The molecule has 4 aromatic carbocycles. The molecule has 1 saturated heterocycles. The predicted octanol–water partition coefficient (Wildman–Crippen LogP) is 9.97. The van der Waals surface area contributed by atoms with E-state index < -0.39 is 46.6 Å². The van der Waals surface area contributed by atoms with Crippen molar-refractivity contribution in [2.24, 2.45) is 0 Å². The zero-order chi connectivity index (χ0) is 51.7. The fourth-order valence-electron chi connectivity index (χ4n) is 7.32. The first-order chi connectivity index (χ1) is 35.0. The monoisotopic (exact) mass is 1060 g/mol. The number of H-pyrrole nitrogens is 2. The van der Waals surface area contributed by atoms with E-state index in [-0.39, 0.29) is 54.1 Å². The molecule has 9 rings (SSSR count). The number of benzene rings is 4. The topological polar surface area (TPSA) is 195 Å². The minimum absolute atomic E-state index is 0.0317. The number of aliphatic hydroxyl groups is 1. The van der Waals surface area contributed by atoms with Crippen LogP contribution in [0.4, 0.5) is 35.1 Å². The van der Waals surface area contributed by atoms with Crippen LogP contribution >= 0.6 is 22.7 Å². The minimum Gasteiger partial charge on any atom is -0.488 e. The van der Waals surface area contributed by atoms with E-state index in [1.807, 2.05) is 0 Å². The molecule has 1 aliphatic heterocycles. The van der Waals surface area contributed by atoms with Gasteiger partial charge in [0.05, 0.1) is 56.6 Å². The summed E-state index contributed by atoms with van der Waals surface area (Å²) in [6.45, 7) is 4.11. The Kier molecular flexibility index (Phi) is 16.6. The number of aryl methyl sites for hydroxylation is 2. The summed E-state index contributed by atoms with van der Waals surface area (Å²) in [5.41, 5.74) is 1.14. The number of aromatic amines is 2. The van der Waals surface area contributed by atoms with Crippen molar-refractivity contribution in [2.45, 2.75) is 51.2 Å². The van der Waals surface area contributed by atoms with Gasteiger partial charge in [0.25, 0.3) is 0 Å². The summed E-state index contributed by atoms with van der Waals surface area (Å²) in [6, 6.07) is 17.7. The number of aliphatic hydroxyl groups excluding tert-OH is 1. The summed E-state index contributed by atoms with van der Waals surface area (Å²) in [7, 11) is 0. The van der Waals surface area contributed by atoms with E-state index in [0.717, 1.165) is 67.0 Å². The second-order valence-corrected chi connectivity index (χ2v) is 18.2. The highest BCUT2D eigenvalue weighted by Crippen LogP contribution is 2.36. The van der Waals surface area contributed by atoms with Gasteiger partial charge in [-0.25, -0.2) is 28.3 Å². The molecule has 0 radical (unpaired) electrons. The van der Waals surface area contributed by atoms with Crippen LogP contribution < -0.4 is 21.0 Å². The van der Waals surface area contributed by atoms with Crippen molar-refractivity contribution in [3.8, 4) is 55.4 Å². The van der Waals surface area contributed by atoms with Gasteiger partial charge >= 0.3 is 23.9 Å². The smallest absolute Gasteiger partial charge is 0.439 e. The highest BCUT2D eigenvalue weighted by atomic mass is 32.1. The highest BCUT2D eigenvalue weighted by molar-refractivity contribution is 7.15. The molecule has 15 nitrogen and oxygen atoms in total. The number of aromatic nitrogens is 6. The number of thiazole rings is 2. The van der Waals surface area contributed by atoms with E-state index in [0.29, 0.717) is 64.2 Å². The molecule has 73 heavy (non-hydrogen) atoms. The van der Waals surface area contributed by atoms with Crippen LogP contribution in [-0.4, -0.2) is 79.7 Å². The number of hydrogen-bond donors (Lipinski definition) is 3. The molecule has 0 amide bonds. The van der Waals surface area contributed by atoms with Crippen molar-refractivity contribution in [3.63, 3.8) is 0 Å². The summed E-state index contributed by atoms with van der Waals surface area (Å²) in [5.74, 6) is -2.55. The number of nitrogens with zero attached hydrogens (tertiary/aromatic N) is 5. The maximum absolute atomic E-state index is 14.6. The van der Waals surface area contributed by atoms with Crippen molar-refractivity contribution in [1.82, 2.24) is 35.1 Å². The zero-order valence-electron chi connectivity index (χ0n) is 37.9. The average molecular weight is 1060 g/mol. The molecule has 4 aromatic heterocycles. The van der Waals surface area contributed by atoms with Gasteiger partial charge in [-0.1, -0.05) is 34.6 Å². The lowest BCUT2D eigenvalue weighted by Gasteiger charge is -2.26. The third-order valence-corrected chi connectivity index (χ3v) is 13.3. The SMILES string of the molecule is O=c1[nH]c(-c2ccc(OCc3sc(-c4ccc(C(F)(F)F)cc4)nc3CCCN3CCOCC3)cc2F)no1.O=c1[nH]c(-c2ccc(OCc3sc(-c4ccc(C(F)(F)F)cc4)nc3CCCO)cc2F)no1. The summed E-state index contributed by atoms with van der Waals surface area (Å²) < 4.78 is 132. The van der Waals surface area contributed by atoms with Gasteiger partial charge in [0.2, 0.25) is 0 Å². The zero-order valence-corrected chi connectivity index (χ0v) is 39.6. The van der Waals surface area contributed by atoms with Crippen molar-refractivity contribution >= 4 is 22.7 Å². The van der Waals surface area contributed by atoms with Crippen LogP contribution in [0.3, 0.4) is 0 Å². The van der Waals surface area contributed by atoms with Gasteiger partial charge < -0.3 is 19.3 Å². The Morgan fingerprint density at radius 2 is 1.07 bits per heavy atom. The van der Waals surface area contributed by atoms with Crippen LogP contribution in [0.5, 0.6) is 11.5 Å². The average Bonchev–Trinajstić information content (AvgIpc) is 4.20. The molecular weight excluding hydrogens is 1020 g/mol. The largest absolute Gasteiger partial charge is 0.488 e. The lowest BCUT2D eigenvalue weighted by molar-refractivity contribution is -0.138. The maximum atomic E-state index is 14.6. The van der Waals surface area contributed by atoms with Crippen molar-refractivity contribution in [3.05, 3.63) is 150 Å². The summed E-state index contributed by atoms with van der Waals surface area (Å²) in [4.78, 5) is 39.9. The van der Waals surface area contributed by atoms with Crippen LogP contribution in [0.2, 0.25) is 0 Å². The number of alkyl halides is 6. The first-order valence-corrected chi connectivity index (χ1v) is 23.8. The molecular formula is C48H41F8N7O8S2. The van der Waals surface area contributed by atoms with E-state index in [1.54, 1.807) is 6.07 Å². The molecule has 0 atom stereocenters. The Morgan fingerprint density at radius 3 is 1.45 bits per heavy atom. The Hall–Kier alpha value is -7.06. The number of rotatable bonds is 17. The van der Waals surface area contributed by atoms with Crippen molar-refractivity contribution < 1.29 is 63.5 Å². The summed E-state index contributed by atoms with van der Waals surface area (Å²) >= 11 is 2.58. The second kappa shape index (κ2) is 23.2. The third-order valence-electron chi connectivity index (χ3n) is 11.0. The van der Waals surface area contributed by atoms with Gasteiger partial charge in [-0.15, -0.1) is 22.7 Å². The predicted molar refractivity (Wildman–Crippen MR) is 250 cm³/mol. The quantitative estimate of drug-likeness (QED) is 0.0730. The number of morpholine rings is 1. The minimum atomic E-state index is -4.43. The van der Waals surface area contributed by atoms with Gasteiger partial charge in [0.15, 0.2) is 11.6 Å². The molecule has 0 unspecified atom stereocenters. The Morgan fingerprint density at radius 1 is 0.630 bits per heavy atom. The van der Waals surface area contributed by atoms with Crippen LogP contribution in [0.15, 0.2) is 104 Å². The molecule has 0 aliphatic carbocycles. The summed E-state index contributed by atoms with van der Waals surface area (Å²) in [6.07, 6.45) is -6.47. The number of hydrogen-bond acceptors (Lipinski definition) is 15. The molecule has 8 aromatic rings.